The van der Waals surface area contributed by atoms with E-state index in [4.69, 9.17) is 9.47 Å². The molecule has 0 spiro atoms. The van der Waals surface area contributed by atoms with Crippen LogP contribution in [-0.4, -0.2) is 53.7 Å². The molecule has 7 nitrogen and oxygen atoms in total. The Bertz CT molecular complexity index is 984. The van der Waals surface area contributed by atoms with E-state index in [0.717, 1.165) is 12.8 Å². The second-order valence-corrected chi connectivity index (χ2v) is 7.31. The van der Waals surface area contributed by atoms with Crippen molar-refractivity contribution >= 4 is 17.4 Å². The molecule has 1 aliphatic rings. The molecular weight excluding hydrogens is 398 g/mol. The third-order valence-electron chi connectivity index (χ3n) is 5.14. The molecule has 0 bridgehead atoms. The van der Waals surface area contributed by atoms with Gasteiger partial charge in [-0.2, -0.15) is 0 Å². The Hall–Kier alpha value is -3.32. The number of benzene rings is 2. The quantitative estimate of drug-likeness (QED) is 0.276. The number of hydrogen-bond acceptors (Lipinski definition) is 6. The van der Waals surface area contributed by atoms with Crippen LogP contribution in [0, 0.1) is 0 Å². The number of amides is 1. The summed E-state index contributed by atoms with van der Waals surface area (Å²) in [6, 6.07) is 12.3. The van der Waals surface area contributed by atoms with Crippen LogP contribution in [-0.2, 0) is 14.3 Å². The van der Waals surface area contributed by atoms with Crippen LogP contribution in [0.4, 0.5) is 0 Å². The minimum absolute atomic E-state index is 0.00107. The number of Topliss-reactive ketones (excluding diaryl/α,β-unsaturated/α-hetero) is 1. The summed E-state index contributed by atoms with van der Waals surface area (Å²) in [4.78, 5) is 27.0. The number of methoxy groups -OCH3 is 1. The second kappa shape index (κ2) is 10.1. The Morgan fingerprint density at radius 2 is 1.87 bits per heavy atom. The van der Waals surface area contributed by atoms with Gasteiger partial charge in [-0.25, -0.2) is 0 Å². The highest BCUT2D eigenvalue weighted by atomic mass is 16.5. The van der Waals surface area contributed by atoms with E-state index in [-0.39, 0.29) is 30.2 Å². The van der Waals surface area contributed by atoms with Gasteiger partial charge in [0.15, 0.2) is 0 Å². The van der Waals surface area contributed by atoms with E-state index in [1.54, 1.807) is 36.4 Å². The van der Waals surface area contributed by atoms with E-state index in [2.05, 4.69) is 6.92 Å². The number of likely N-dealkylation sites (tertiary alicyclic amines) is 1. The molecule has 0 aromatic heterocycles. The monoisotopic (exact) mass is 425 g/mol. The molecule has 2 aromatic rings. The van der Waals surface area contributed by atoms with Crippen molar-refractivity contribution < 1.29 is 29.3 Å². The van der Waals surface area contributed by atoms with E-state index in [1.807, 2.05) is 0 Å². The fourth-order valence-corrected chi connectivity index (χ4v) is 3.56. The zero-order valence-corrected chi connectivity index (χ0v) is 17.7. The molecule has 1 saturated heterocycles. The predicted molar refractivity (Wildman–Crippen MR) is 116 cm³/mol. The highest BCUT2D eigenvalue weighted by Crippen LogP contribution is 2.40. The summed E-state index contributed by atoms with van der Waals surface area (Å²) in [6.45, 7) is 3.00. The molecule has 7 heteroatoms. The fourth-order valence-electron chi connectivity index (χ4n) is 3.56. The molecule has 1 atom stereocenters. The van der Waals surface area contributed by atoms with Crippen LogP contribution in [0.1, 0.15) is 36.9 Å². The number of aliphatic hydroxyl groups excluding tert-OH is 1. The zero-order valence-electron chi connectivity index (χ0n) is 17.7. The third-order valence-corrected chi connectivity index (χ3v) is 5.14. The van der Waals surface area contributed by atoms with Crippen LogP contribution < -0.4 is 4.74 Å². The summed E-state index contributed by atoms with van der Waals surface area (Å²) in [5.41, 5.74) is 0.869. The van der Waals surface area contributed by atoms with Gasteiger partial charge in [0.05, 0.1) is 24.8 Å². The largest absolute Gasteiger partial charge is 0.508 e. The van der Waals surface area contributed by atoms with E-state index in [0.29, 0.717) is 23.5 Å². The van der Waals surface area contributed by atoms with E-state index in [1.165, 1.54) is 24.1 Å². The van der Waals surface area contributed by atoms with E-state index < -0.39 is 17.7 Å². The van der Waals surface area contributed by atoms with Crippen molar-refractivity contribution in [2.45, 2.75) is 25.8 Å². The molecule has 0 saturated carbocycles. The maximum atomic E-state index is 12.9. The zero-order chi connectivity index (χ0) is 22.4. The van der Waals surface area contributed by atoms with Crippen molar-refractivity contribution in [3.05, 3.63) is 65.2 Å². The number of carbonyl (C=O) groups excluding carboxylic acids is 2. The normalized spacial score (nSPS) is 17.9. The molecule has 1 unspecified atom stereocenters. The van der Waals surface area contributed by atoms with E-state index in [9.17, 15) is 19.8 Å². The van der Waals surface area contributed by atoms with Gasteiger partial charge < -0.3 is 24.6 Å². The molecule has 1 amide bonds. The Morgan fingerprint density at radius 3 is 2.58 bits per heavy atom. The highest BCUT2D eigenvalue weighted by Gasteiger charge is 2.46. The number of hydrogen-bond donors (Lipinski definition) is 2. The van der Waals surface area contributed by atoms with Crippen molar-refractivity contribution in [3.8, 4) is 11.5 Å². The average Bonchev–Trinajstić information content (AvgIpc) is 3.02. The van der Waals surface area contributed by atoms with Crippen LogP contribution in [0.25, 0.3) is 5.76 Å². The molecule has 0 radical (unpaired) electrons. The lowest BCUT2D eigenvalue weighted by molar-refractivity contribution is -0.140. The molecular formula is C24H27NO6. The van der Waals surface area contributed by atoms with Gasteiger partial charge >= 0.3 is 0 Å². The Kier molecular flexibility index (Phi) is 7.31. The number of ketones is 1. The number of carbonyl (C=O) groups is 2. The molecule has 2 aromatic carbocycles. The standard InChI is InChI=1S/C24H27NO6/c1-3-4-12-31-19-10-6-8-17(15-19)22(27)20-21(16-7-5-9-18(26)14-16)25(11-13-30-2)24(29)23(20)28/h5-10,14-15,21,26-27H,3-4,11-13H2,1-2H3/b22-20+. The van der Waals surface area contributed by atoms with Gasteiger partial charge in [-0.3, -0.25) is 9.59 Å². The topological polar surface area (TPSA) is 96.3 Å². The minimum Gasteiger partial charge on any atom is -0.508 e. The molecule has 2 N–H and O–H groups in total. The SMILES string of the molecule is CCCCOc1cccc(/C(O)=C2\C(=O)C(=O)N(CCOC)C2c2cccc(O)c2)c1. The van der Waals surface area contributed by atoms with Crippen molar-refractivity contribution in [2.24, 2.45) is 0 Å². The van der Waals surface area contributed by atoms with Gasteiger partial charge in [0.1, 0.15) is 17.3 Å². The van der Waals surface area contributed by atoms with Crippen LogP contribution in [0.15, 0.2) is 54.1 Å². The van der Waals surface area contributed by atoms with Gasteiger partial charge in [0.2, 0.25) is 0 Å². The lowest BCUT2D eigenvalue weighted by atomic mass is 9.95. The van der Waals surface area contributed by atoms with Crippen molar-refractivity contribution in [2.75, 3.05) is 26.9 Å². The first kappa shape index (κ1) is 22.4. The van der Waals surface area contributed by atoms with Crippen LogP contribution in [0.2, 0.25) is 0 Å². The number of phenolic OH excluding ortho intramolecular Hbond substituents is 1. The van der Waals surface area contributed by atoms with Crippen molar-refractivity contribution in [1.29, 1.82) is 0 Å². The summed E-state index contributed by atoms with van der Waals surface area (Å²) in [7, 11) is 1.50. The third kappa shape index (κ3) is 4.88. The Morgan fingerprint density at radius 1 is 1.10 bits per heavy atom. The van der Waals surface area contributed by atoms with Crippen LogP contribution >= 0.6 is 0 Å². The lowest BCUT2D eigenvalue weighted by Crippen LogP contribution is -2.32. The van der Waals surface area contributed by atoms with E-state index >= 15 is 0 Å². The highest BCUT2D eigenvalue weighted by molar-refractivity contribution is 6.46. The van der Waals surface area contributed by atoms with Gasteiger partial charge in [-0.15, -0.1) is 0 Å². The average molecular weight is 425 g/mol. The molecule has 164 valence electrons. The Labute approximate surface area is 181 Å². The van der Waals surface area contributed by atoms with Crippen LogP contribution in [0.5, 0.6) is 11.5 Å². The first-order valence-corrected chi connectivity index (χ1v) is 10.3. The number of rotatable bonds is 9. The first-order chi connectivity index (χ1) is 15.0. The van der Waals surface area contributed by atoms with Gasteiger partial charge in [0, 0.05) is 19.2 Å². The summed E-state index contributed by atoms with van der Waals surface area (Å²) >= 11 is 0. The second-order valence-electron chi connectivity index (χ2n) is 7.31. The number of unbranched alkanes of at least 4 members (excludes halogenated alkanes) is 1. The number of nitrogens with zero attached hydrogens (tertiary/aromatic N) is 1. The Balaban J connectivity index is 2.07. The first-order valence-electron chi connectivity index (χ1n) is 10.3. The van der Waals surface area contributed by atoms with Crippen LogP contribution in [0.3, 0.4) is 0 Å². The van der Waals surface area contributed by atoms with Gasteiger partial charge in [0.25, 0.3) is 11.7 Å². The molecule has 1 aliphatic heterocycles. The number of ether oxygens (including phenoxy) is 2. The number of aromatic hydroxyl groups is 1. The molecule has 31 heavy (non-hydrogen) atoms. The maximum Gasteiger partial charge on any atom is 0.295 e. The summed E-state index contributed by atoms with van der Waals surface area (Å²) in [5.74, 6) is -1.21. The fraction of sp³-hybridized carbons (Fsp3) is 0.333. The minimum atomic E-state index is -0.841. The lowest BCUT2D eigenvalue weighted by Gasteiger charge is -2.25. The number of aliphatic hydroxyl groups is 1. The summed E-state index contributed by atoms with van der Waals surface area (Å²) < 4.78 is 10.8. The molecule has 0 aliphatic carbocycles. The molecule has 1 heterocycles. The smallest absolute Gasteiger partial charge is 0.295 e. The molecule has 1 fully saturated rings. The maximum absolute atomic E-state index is 12.9. The van der Waals surface area contributed by atoms with Gasteiger partial charge in [-0.1, -0.05) is 37.6 Å². The predicted octanol–water partition coefficient (Wildman–Crippen LogP) is 3.64. The summed E-state index contributed by atoms with van der Waals surface area (Å²) in [5, 5.41) is 21.0. The van der Waals surface area contributed by atoms with Gasteiger partial charge in [-0.05, 0) is 36.2 Å². The number of phenols is 1. The van der Waals surface area contributed by atoms with Crippen molar-refractivity contribution in [3.63, 3.8) is 0 Å². The summed E-state index contributed by atoms with van der Waals surface area (Å²) in [6.07, 6.45) is 1.90. The molecule has 3 rings (SSSR count). The van der Waals surface area contributed by atoms with Crippen molar-refractivity contribution in [1.82, 2.24) is 4.90 Å².